The number of aliphatic carboxylic acids is 1. The number of carboxylic acid groups (broad SMARTS) is 1. The van der Waals surface area contributed by atoms with Crippen LogP contribution in [0.3, 0.4) is 0 Å². The zero-order valence-corrected chi connectivity index (χ0v) is 15.1. The summed E-state index contributed by atoms with van der Waals surface area (Å²) in [6.07, 6.45) is 3.88. The van der Waals surface area contributed by atoms with Gasteiger partial charge in [0.1, 0.15) is 6.17 Å². The molecule has 2 aliphatic carbocycles. The van der Waals surface area contributed by atoms with Crippen LogP contribution in [0.4, 0.5) is 4.39 Å². The molecule has 0 amide bonds. The van der Waals surface area contributed by atoms with Crippen LogP contribution in [0.25, 0.3) is 0 Å². The van der Waals surface area contributed by atoms with Gasteiger partial charge in [-0.3, -0.25) is 4.79 Å². The van der Waals surface area contributed by atoms with Crippen molar-refractivity contribution < 1.29 is 24.5 Å². The Morgan fingerprint density at radius 2 is 1.92 bits per heavy atom. The Labute approximate surface area is 154 Å². The summed E-state index contributed by atoms with van der Waals surface area (Å²) in [7, 11) is 0. The molecule has 1 aromatic carbocycles. The summed E-state index contributed by atoms with van der Waals surface area (Å²) in [6, 6.07) is 5.93. The van der Waals surface area contributed by atoms with Crippen molar-refractivity contribution in [1.29, 1.82) is 0 Å². The summed E-state index contributed by atoms with van der Waals surface area (Å²) in [6.45, 7) is 0. The van der Waals surface area contributed by atoms with Crippen LogP contribution < -0.4 is 0 Å². The van der Waals surface area contributed by atoms with Crippen LogP contribution in [0.1, 0.15) is 80.1 Å². The third-order valence-electron chi connectivity index (χ3n) is 6.08. The Kier molecular flexibility index (Phi) is 6.30. The summed E-state index contributed by atoms with van der Waals surface area (Å²) < 4.78 is 14.5. The van der Waals surface area contributed by atoms with E-state index in [0.717, 1.165) is 55.2 Å². The molecule has 0 radical (unpaired) electrons. The lowest BCUT2D eigenvalue weighted by atomic mass is 9.83. The fourth-order valence-electron chi connectivity index (χ4n) is 4.72. The first-order valence-corrected chi connectivity index (χ1v) is 9.82. The molecule has 4 nitrogen and oxygen atoms in total. The fourth-order valence-corrected chi connectivity index (χ4v) is 4.72. The van der Waals surface area contributed by atoms with Crippen LogP contribution in [0.5, 0.6) is 0 Å². The molecule has 26 heavy (non-hydrogen) atoms. The van der Waals surface area contributed by atoms with Crippen molar-refractivity contribution in [2.24, 2.45) is 5.92 Å². The molecular formula is C21H29FO4. The van der Waals surface area contributed by atoms with Crippen LogP contribution in [0, 0.1) is 5.92 Å². The highest BCUT2D eigenvalue weighted by atomic mass is 19.1. The molecule has 0 aliphatic heterocycles. The lowest BCUT2D eigenvalue weighted by Crippen LogP contribution is -2.19. The van der Waals surface area contributed by atoms with Gasteiger partial charge < -0.3 is 15.3 Å². The van der Waals surface area contributed by atoms with Gasteiger partial charge in [-0.05, 0) is 48.3 Å². The molecule has 1 fully saturated rings. The number of hydrogen-bond acceptors (Lipinski definition) is 3. The number of aliphatic hydroxyl groups excluding tert-OH is 2. The number of aryl methyl sites for hydroxylation is 1. The molecule has 1 saturated carbocycles. The molecule has 144 valence electrons. The molecule has 5 heteroatoms. The average Bonchev–Trinajstić information content (AvgIpc) is 3.10. The summed E-state index contributed by atoms with van der Waals surface area (Å²) in [5, 5.41) is 29.0. The van der Waals surface area contributed by atoms with E-state index in [1.807, 2.05) is 12.1 Å². The zero-order valence-electron chi connectivity index (χ0n) is 15.1. The normalized spacial score (nSPS) is 30.5. The van der Waals surface area contributed by atoms with Crippen molar-refractivity contribution in [2.45, 2.75) is 82.1 Å². The van der Waals surface area contributed by atoms with Gasteiger partial charge in [-0.25, -0.2) is 4.39 Å². The van der Waals surface area contributed by atoms with Gasteiger partial charge in [0, 0.05) is 18.8 Å². The predicted molar refractivity (Wildman–Crippen MR) is 96.8 cm³/mol. The van der Waals surface area contributed by atoms with Crippen molar-refractivity contribution in [2.75, 3.05) is 0 Å². The van der Waals surface area contributed by atoms with E-state index in [2.05, 4.69) is 6.07 Å². The number of alkyl halides is 1. The van der Waals surface area contributed by atoms with Crippen molar-refractivity contribution in [1.82, 2.24) is 0 Å². The average molecular weight is 364 g/mol. The van der Waals surface area contributed by atoms with Crippen LogP contribution in [0.2, 0.25) is 0 Å². The molecule has 2 unspecified atom stereocenters. The number of carbonyl (C=O) groups is 1. The van der Waals surface area contributed by atoms with E-state index in [1.54, 1.807) is 0 Å². The maximum atomic E-state index is 14.5. The van der Waals surface area contributed by atoms with E-state index in [0.29, 0.717) is 6.42 Å². The number of hydrogen-bond donors (Lipinski definition) is 3. The number of rotatable bonds is 8. The van der Waals surface area contributed by atoms with Crippen LogP contribution in [0.15, 0.2) is 18.2 Å². The number of fused-ring (bicyclic) bond motifs is 1. The van der Waals surface area contributed by atoms with Crippen molar-refractivity contribution in [3.05, 3.63) is 34.9 Å². The van der Waals surface area contributed by atoms with Gasteiger partial charge in [-0.15, -0.1) is 0 Å². The van der Waals surface area contributed by atoms with Crippen LogP contribution in [-0.2, 0) is 11.2 Å². The van der Waals surface area contributed by atoms with E-state index in [-0.39, 0.29) is 24.7 Å². The standard InChI is InChI=1S/C21H29FO4/c22-17-12-19(24)21(16(17)5-3-1-2-4-6-20(25)26)14-7-9-15-13(11-14)8-10-18(15)23/h7,9,11,16-19,21,23-24H,1-6,8,10,12H2,(H,25,26)/t16-,17?,18?,19+,21+/m0/s1. The zero-order chi connectivity index (χ0) is 18.7. The fraction of sp³-hybridized carbons (Fsp3) is 0.667. The molecule has 0 bridgehead atoms. The van der Waals surface area contributed by atoms with Gasteiger partial charge in [0.05, 0.1) is 12.2 Å². The third-order valence-corrected chi connectivity index (χ3v) is 6.08. The second-order valence-electron chi connectivity index (χ2n) is 7.87. The van der Waals surface area contributed by atoms with Gasteiger partial charge in [0.2, 0.25) is 0 Å². The Balaban J connectivity index is 1.61. The molecule has 2 aliphatic rings. The third kappa shape index (κ3) is 4.26. The highest BCUT2D eigenvalue weighted by Gasteiger charge is 2.43. The topological polar surface area (TPSA) is 77.8 Å². The number of carboxylic acids is 1. The number of halogens is 1. The second kappa shape index (κ2) is 8.49. The number of benzene rings is 1. The Morgan fingerprint density at radius 3 is 2.69 bits per heavy atom. The second-order valence-corrected chi connectivity index (χ2v) is 7.87. The minimum Gasteiger partial charge on any atom is -0.481 e. The largest absolute Gasteiger partial charge is 0.481 e. The van der Waals surface area contributed by atoms with E-state index in [4.69, 9.17) is 5.11 Å². The smallest absolute Gasteiger partial charge is 0.303 e. The quantitative estimate of drug-likeness (QED) is 0.612. The van der Waals surface area contributed by atoms with E-state index >= 15 is 0 Å². The highest BCUT2D eigenvalue weighted by Crippen LogP contribution is 2.45. The van der Waals surface area contributed by atoms with Crippen LogP contribution in [-0.4, -0.2) is 33.6 Å². The maximum absolute atomic E-state index is 14.5. The molecule has 0 aromatic heterocycles. The predicted octanol–water partition coefficient (Wildman–Crippen LogP) is 3.89. The summed E-state index contributed by atoms with van der Waals surface area (Å²) in [5.41, 5.74) is 3.08. The summed E-state index contributed by atoms with van der Waals surface area (Å²) in [4.78, 5) is 10.5. The first-order chi connectivity index (χ1) is 12.5. The molecule has 0 saturated heterocycles. The highest BCUT2D eigenvalue weighted by molar-refractivity contribution is 5.66. The van der Waals surface area contributed by atoms with E-state index in [9.17, 15) is 19.4 Å². The minimum absolute atomic E-state index is 0.186. The first-order valence-electron chi connectivity index (χ1n) is 9.82. The van der Waals surface area contributed by atoms with Crippen molar-refractivity contribution in [3.8, 4) is 0 Å². The van der Waals surface area contributed by atoms with Gasteiger partial charge in [0.15, 0.2) is 0 Å². The van der Waals surface area contributed by atoms with Crippen molar-refractivity contribution >= 4 is 5.97 Å². The van der Waals surface area contributed by atoms with E-state index < -0.39 is 24.3 Å². The van der Waals surface area contributed by atoms with Crippen LogP contribution >= 0.6 is 0 Å². The summed E-state index contributed by atoms with van der Waals surface area (Å²) in [5.74, 6) is -1.14. The number of aliphatic hydroxyl groups is 2. The van der Waals surface area contributed by atoms with Gasteiger partial charge in [0.25, 0.3) is 0 Å². The molecule has 1 aromatic rings. The van der Waals surface area contributed by atoms with Gasteiger partial charge >= 0.3 is 5.97 Å². The first kappa shape index (κ1) is 19.3. The monoisotopic (exact) mass is 364 g/mol. The molecular weight excluding hydrogens is 335 g/mol. The van der Waals surface area contributed by atoms with Gasteiger partial charge in [-0.1, -0.05) is 37.5 Å². The summed E-state index contributed by atoms with van der Waals surface area (Å²) >= 11 is 0. The maximum Gasteiger partial charge on any atom is 0.303 e. The lowest BCUT2D eigenvalue weighted by Gasteiger charge is -2.24. The minimum atomic E-state index is -0.993. The van der Waals surface area contributed by atoms with Crippen molar-refractivity contribution in [3.63, 3.8) is 0 Å². The molecule has 3 N–H and O–H groups in total. The van der Waals surface area contributed by atoms with Gasteiger partial charge in [-0.2, -0.15) is 0 Å². The Hall–Kier alpha value is -1.46. The van der Waals surface area contributed by atoms with E-state index in [1.165, 1.54) is 0 Å². The molecule has 0 spiro atoms. The Bertz CT molecular complexity index is 632. The molecule has 5 atom stereocenters. The Morgan fingerprint density at radius 1 is 1.15 bits per heavy atom. The molecule has 0 heterocycles. The number of unbranched alkanes of at least 4 members (excludes halogenated alkanes) is 3. The SMILES string of the molecule is O=C(O)CCCCCC[C@H]1C(F)C[C@@H](O)[C@@H]1c1ccc2c(c1)CCC2O. The molecule has 3 rings (SSSR count). The lowest BCUT2D eigenvalue weighted by molar-refractivity contribution is -0.137.